The molecule has 4 heteroatoms. The summed E-state index contributed by atoms with van der Waals surface area (Å²) < 4.78 is 17.1. The molecule has 0 bridgehead atoms. The first-order valence-corrected chi connectivity index (χ1v) is 7.07. The van der Waals surface area contributed by atoms with E-state index in [9.17, 15) is 0 Å². The first-order chi connectivity index (χ1) is 9.38. The van der Waals surface area contributed by atoms with Crippen molar-refractivity contribution >= 4 is 0 Å². The molecule has 1 N–H and O–H groups in total. The highest BCUT2D eigenvalue weighted by molar-refractivity contribution is 5.44. The molecule has 104 valence electrons. The van der Waals surface area contributed by atoms with Crippen LogP contribution >= 0.6 is 0 Å². The maximum Gasteiger partial charge on any atom is 0.161 e. The summed E-state index contributed by atoms with van der Waals surface area (Å²) in [5.74, 6) is 1.69. The number of fused-ring (bicyclic) bond motifs is 1. The third-order valence-electron chi connectivity index (χ3n) is 3.82. The normalized spacial score (nSPS) is 23.9. The van der Waals surface area contributed by atoms with E-state index in [0.717, 1.165) is 24.5 Å². The Bertz CT molecular complexity index is 429. The molecular weight excluding hydrogens is 242 g/mol. The van der Waals surface area contributed by atoms with Gasteiger partial charge in [-0.15, -0.1) is 0 Å². The van der Waals surface area contributed by atoms with Crippen molar-refractivity contribution in [2.75, 3.05) is 26.9 Å². The molecule has 0 saturated carbocycles. The van der Waals surface area contributed by atoms with E-state index in [1.807, 2.05) is 13.1 Å². The molecule has 0 amide bonds. The lowest BCUT2D eigenvalue weighted by molar-refractivity contribution is -0.00670. The molecule has 1 aromatic carbocycles. The monoisotopic (exact) mass is 263 g/mol. The van der Waals surface area contributed by atoms with E-state index >= 15 is 0 Å². The number of ether oxygens (including phenoxy) is 3. The van der Waals surface area contributed by atoms with E-state index in [2.05, 4.69) is 17.4 Å². The van der Waals surface area contributed by atoms with Gasteiger partial charge in [-0.3, -0.25) is 0 Å². The molecule has 19 heavy (non-hydrogen) atoms. The first-order valence-electron chi connectivity index (χ1n) is 7.07. The Morgan fingerprint density at radius 2 is 1.95 bits per heavy atom. The summed E-state index contributed by atoms with van der Waals surface area (Å²) in [6, 6.07) is 6.40. The van der Waals surface area contributed by atoms with Gasteiger partial charge in [-0.05, 0) is 44.0 Å². The lowest BCUT2D eigenvalue weighted by Crippen LogP contribution is -2.34. The van der Waals surface area contributed by atoms with Crippen LogP contribution in [0.3, 0.4) is 0 Å². The average molecular weight is 263 g/mol. The number of hydrogen-bond donors (Lipinski definition) is 1. The molecule has 0 aromatic heterocycles. The minimum absolute atomic E-state index is 0.219. The van der Waals surface area contributed by atoms with Crippen molar-refractivity contribution in [1.82, 2.24) is 5.32 Å². The molecular formula is C15H21NO3. The van der Waals surface area contributed by atoms with Gasteiger partial charge in [0.05, 0.1) is 12.1 Å². The standard InChI is InChI=1S/C15H21NO3/c1-16-15(13-4-2-3-7-17-13)11-5-6-12-14(10-11)19-9-8-18-12/h5-6,10,13,15-16H,2-4,7-9H2,1H3. The van der Waals surface area contributed by atoms with Crippen LogP contribution in [-0.2, 0) is 4.74 Å². The molecule has 0 radical (unpaired) electrons. The topological polar surface area (TPSA) is 39.7 Å². The molecule has 2 unspecified atom stereocenters. The number of nitrogens with one attached hydrogen (secondary N) is 1. The van der Waals surface area contributed by atoms with Gasteiger partial charge in [0, 0.05) is 6.61 Å². The molecule has 2 aliphatic rings. The van der Waals surface area contributed by atoms with Gasteiger partial charge < -0.3 is 19.5 Å². The quantitative estimate of drug-likeness (QED) is 0.908. The fraction of sp³-hybridized carbons (Fsp3) is 0.600. The van der Waals surface area contributed by atoms with Crippen LogP contribution in [0, 0.1) is 0 Å². The Morgan fingerprint density at radius 1 is 1.11 bits per heavy atom. The van der Waals surface area contributed by atoms with Crippen molar-refractivity contribution < 1.29 is 14.2 Å². The second-order valence-electron chi connectivity index (χ2n) is 5.07. The fourth-order valence-electron chi connectivity index (χ4n) is 2.85. The van der Waals surface area contributed by atoms with Crippen molar-refractivity contribution in [2.24, 2.45) is 0 Å². The second kappa shape index (κ2) is 5.80. The highest BCUT2D eigenvalue weighted by atomic mass is 16.6. The molecule has 1 fully saturated rings. The van der Waals surface area contributed by atoms with Crippen LogP contribution in [0.15, 0.2) is 18.2 Å². The number of rotatable bonds is 3. The summed E-state index contributed by atoms with van der Waals surface area (Å²) in [6.07, 6.45) is 3.78. The Labute approximate surface area is 114 Å². The molecule has 1 saturated heterocycles. The van der Waals surface area contributed by atoms with Crippen molar-refractivity contribution in [3.8, 4) is 11.5 Å². The summed E-state index contributed by atoms with van der Waals surface area (Å²) in [5, 5.41) is 3.37. The maximum atomic E-state index is 5.89. The van der Waals surface area contributed by atoms with Gasteiger partial charge in [0.1, 0.15) is 13.2 Å². The maximum absolute atomic E-state index is 5.89. The summed E-state index contributed by atoms with van der Waals surface area (Å²) >= 11 is 0. The van der Waals surface area contributed by atoms with Gasteiger partial charge >= 0.3 is 0 Å². The highest BCUT2D eigenvalue weighted by Gasteiger charge is 2.26. The van der Waals surface area contributed by atoms with Crippen LogP contribution in [0.1, 0.15) is 30.9 Å². The van der Waals surface area contributed by atoms with E-state index in [0.29, 0.717) is 13.2 Å². The summed E-state index contributed by atoms with van der Waals surface area (Å²) in [6.45, 7) is 2.13. The Balaban J connectivity index is 1.82. The van der Waals surface area contributed by atoms with E-state index in [4.69, 9.17) is 14.2 Å². The van der Waals surface area contributed by atoms with Crippen LogP contribution in [0.25, 0.3) is 0 Å². The molecule has 3 rings (SSSR count). The molecule has 0 aliphatic carbocycles. The zero-order valence-electron chi connectivity index (χ0n) is 11.4. The minimum Gasteiger partial charge on any atom is -0.486 e. The predicted molar refractivity (Wildman–Crippen MR) is 72.8 cm³/mol. The van der Waals surface area contributed by atoms with Crippen LogP contribution in [0.4, 0.5) is 0 Å². The van der Waals surface area contributed by atoms with Crippen LogP contribution in [0.5, 0.6) is 11.5 Å². The predicted octanol–water partition coefficient (Wildman–Crippen LogP) is 2.29. The SMILES string of the molecule is CNC(c1ccc2c(c1)OCCO2)C1CCCCO1. The van der Waals surface area contributed by atoms with E-state index < -0.39 is 0 Å². The third-order valence-corrected chi connectivity index (χ3v) is 3.82. The van der Waals surface area contributed by atoms with Gasteiger partial charge in [-0.25, -0.2) is 0 Å². The van der Waals surface area contributed by atoms with Crippen molar-refractivity contribution in [3.63, 3.8) is 0 Å². The second-order valence-corrected chi connectivity index (χ2v) is 5.07. The van der Waals surface area contributed by atoms with Gasteiger partial charge in [-0.1, -0.05) is 6.07 Å². The number of benzene rings is 1. The number of likely N-dealkylation sites (N-methyl/N-ethyl adjacent to an activating group) is 1. The van der Waals surface area contributed by atoms with Crippen LogP contribution < -0.4 is 14.8 Å². The van der Waals surface area contributed by atoms with Crippen molar-refractivity contribution in [3.05, 3.63) is 23.8 Å². The summed E-state index contributed by atoms with van der Waals surface area (Å²) in [4.78, 5) is 0. The summed E-state index contributed by atoms with van der Waals surface area (Å²) in [5.41, 5.74) is 1.21. The van der Waals surface area contributed by atoms with Gasteiger partial charge in [0.15, 0.2) is 11.5 Å². The zero-order valence-corrected chi connectivity index (χ0v) is 11.4. The first kappa shape index (κ1) is 12.8. The smallest absolute Gasteiger partial charge is 0.161 e. The lowest BCUT2D eigenvalue weighted by Gasteiger charge is -2.31. The Morgan fingerprint density at radius 3 is 2.68 bits per heavy atom. The van der Waals surface area contributed by atoms with Gasteiger partial charge in [0.2, 0.25) is 0 Å². The highest BCUT2D eigenvalue weighted by Crippen LogP contribution is 2.35. The Hall–Kier alpha value is -1.26. The zero-order chi connectivity index (χ0) is 13.1. The van der Waals surface area contributed by atoms with Crippen LogP contribution in [-0.4, -0.2) is 33.0 Å². The minimum atomic E-state index is 0.219. The Kier molecular flexibility index (Phi) is 3.89. The fourth-order valence-corrected chi connectivity index (χ4v) is 2.85. The van der Waals surface area contributed by atoms with Crippen LogP contribution in [0.2, 0.25) is 0 Å². The van der Waals surface area contributed by atoms with Gasteiger partial charge in [-0.2, -0.15) is 0 Å². The third kappa shape index (κ3) is 2.69. The molecule has 1 aromatic rings. The number of hydrogen-bond acceptors (Lipinski definition) is 4. The van der Waals surface area contributed by atoms with E-state index in [1.54, 1.807) is 0 Å². The lowest BCUT2D eigenvalue weighted by atomic mass is 9.95. The van der Waals surface area contributed by atoms with Crippen molar-refractivity contribution in [2.45, 2.75) is 31.4 Å². The van der Waals surface area contributed by atoms with Crippen molar-refractivity contribution in [1.29, 1.82) is 0 Å². The van der Waals surface area contributed by atoms with Gasteiger partial charge in [0.25, 0.3) is 0 Å². The van der Waals surface area contributed by atoms with E-state index in [-0.39, 0.29) is 12.1 Å². The molecule has 4 nitrogen and oxygen atoms in total. The molecule has 2 aliphatic heterocycles. The molecule has 2 atom stereocenters. The molecule has 0 spiro atoms. The largest absolute Gasteiger partial charge is 0.486 e. The average Bonchev–Trinajstić information content (AvgIpc) is 2.49. The summed E-state index contributed by atoms with van der Waals surface area (Å²) in [7, 11) is 1.99. The molecule has 2 heterocycles. The van der Waals surface area contributed by atoms with E-state index in [1.165, 1.54) is 18.4 Å².